The van der Waals surface area contributed by atoms with Gasteiger partial charge in [-0.2, -0.15) is 0 Å². The van der Waals surface area contributed by atoms with Gasteiger partial charge in [0.1, 0.15) is 5.69 Å². The lowest BCUT2D eigenvalue weighted by Crippen LogP contribution is -2.44. The number of piperidine rings is 1. The normalized spacial score (nSPS) is 20.0. The molecule has 0 unspecified atom stereocenters. The zero-order valence-electron chi connectivity index (χ0n) is 17.2. The zero-order chi connectivity index (χ0) is 20.4. The maximum atomic E-state index is 12.8. The molecule has 1 N–H and O–H groups in total. The van der Waals surface area contributed by atoms with Crippen LogP contribution >= 0.6 is 0 Å². The van der Waals surface area contributed by atoms with Gasteiger partial charge in [-0.25, -0.2) is 0 Å². The van der Waals surface area contributed by atoms with Crippen molar-refractivity contribution in [1.82, 2.24) is 15.2 Å². The lowest BCUT2D eigenvalue weighted by atomic mass is 9.73. The molecule has 1 aromatic heterocycles. The monoisotopic (exact) mass is 391 g/mol. The number of nitrogens with one attached hydrogen (secondary N) is 1. The summed E-state index contributed by atoms with van der Waals surface area (Å²) in [6.45, 7) is 5.45. The molecule has 1 saturated heterocycles. The van der Waals surface area contributed by atoms with E-state index in [2.05, 4.69) is 34.6 Å². The van der Waals surface area contributed by atoms with E-state index in [1.54, 1.807) is 12.3 Å². The summed E-state index contributed by atoms with van der Waals surface area (Å²) in [7, 11) is 0. The molecule has 1 aromatic carbocycles. The summed E-state index contributed by atoms with van der Waals surface area (Å²) < 4.78 is 0. The fourth-order valence-electron chi connectivity index (χ4n) is 5.08. The van der Waals surface area contributed by atoms with Crippen LogP contribution in [-0.4, -0.2) is 40.8 Å². The van der Waals surface area contributed by atoms with Crippen LogP contribution < -0.4 is 5.32 Å². The number of likely N-dealkylation sites (tertiary alicyclic amines) is 1. The van der Waals surface area contributed by atoms with E-state index in [1.807, 2.05) is 30.9 Å². The molecule has 2 aliphatic rings. The fourth-order valence-corrected chi connectivity index (χ4v) is 5.08. The van der Waals surface area contributed by atoms with E-state index < -0.39 is 0 Å². The third-order valence-corrected chi connectivity index (χ3v) is 6.38. The van der Waals surface area contributed by atoms with Gasteiger partial charge in [0.15, 0.2) is 0 Å². The second-order valence-electron chi connectivity index (χ2n) is 8.70. The van der Waals surface area contributed by atoms with Crippen molar-refractivity contribution in [3.05, 3.63) is 65.5 Å². The molecule has 2 aromatic rings. The molecule has 2 heterocycles. The maximum absolute atomic E-state index is 12.8. The SMILES string of the molecule is CC(C)NC(=O)C[C@H]1CC2(CCN(C(=O)c3ccccn3)CC2)c2ccccc21. The summed E-state index contributed by atoms with van der Waals surface area (Å²) in [6, 6.07) is 14.2. The van der Waals surface area contributed by atoms with Crippen LogP contribution in [0.25, 0.3) is 0 Å². The molecule has 5 heteroatoms. The molecule has 5 nitrogen and oxygen atoms in total. The molecule has 1 aliphatic heterocycles. The molecule has 1 atom stereocenters. The number of carbonyl (C=O) groups excluding carboxylic acids is 2. The van der Waals surface area contributed by atoms with Crippen LogP contribution in [0.15, 0.2) is 48.7 Å². The Balaban J connectivity index is 1.49. The molecule has 1 spiro atoms. The predicted molar refractivity (Wildman–Crippen MR) is 113 cm³/mol. The van der Waals surface area contributed by atoms with Crippen molar-refractivity contribution >= 4 is 11.8 Å². The van der Waals surface area contributed by atoms with Crippen molar-refractivity contribution in [1.29, 1.82) is 0 Å². The number of carbonyl (C=O) groups is 2. The highest BCUT2D eigenvalue weighted by molar-refractivity contribution is 5.92. The van der Waals surface area contributed by atoms with Crippen molar-refractivity contribution in [3.63, 3.8) is 0 Å². The van der Waals surface area contributed by atoms with E-state index in [4.69, 9.17) is 0 Å². The van der Waals surface area contributed by atoms with Crippen molar-refractivity contribution in [3.8, 4) is 0 Å². The van der Waals surface area contributed by atoms with Crippen LogP contribution in [0.2, 0.25) is 0 Å². The summed E-state index contributed by atoms with van der Waals surface area (Å²) in [6.07, 6.45) is 5.06. The van der Waals surface area contributed by atoms with Crippen LogP contribution in [0.3, 0.4) is 0 Å². The number of rotatable bonds is 4. The lowest BCUT2D eigenvalue weighted by Gasteiger charge is -2.40. The van der Waals surface area contributed by atoms with Gasteiger partial charge in [-0.15, -0.1) is 0 Å². The molecule has 1 fully saturated rings. The quantitative estimate of drug-likeness (QED) is 0.865. The van der Waals surface area contributed by atoms with E-state index in [9.17, 15) is 9.59 Å². The summed E-state index contributed by atoms with van der Waals surface area (Å²) in [5.74, 6) is 0.391. The Kier molecular flexibility index (Phi) is 5.39. The summed E-state index contributed by atoms with van der Waals surface area (Å²) in [5, 5.41) is 3.03. The Hall–Kier alpha value is -2.69. The first-order valence-corrected chi connectivity index (χ1v) is 10.6. The third-order valence-electron chi connectivity index (χ3n) is 6.38. The van der Waals surface area contributed by atoms with Crippen molar-refractivity contribution in [2.45, 2.75) is 56.9 Å². The molecule has 29 heavy (non-hydrogen) atoms. The zero-order valence-corrected chi connectivity index (χ0v) is 17.2. The standard InChI is InChI=1S/C24H29N3O2/c1-17(2)26-22(28)15-18-16-24(20-8-4-3-7-19(18)20)10-13-27(14-11-24)23(29)21-9-5-6-12-25-21/h3-9,12,17-18H,10-11,13-16H2,1-2H3,(H,26,28)/t18-/m0/s1. The number of hydrogen-bond acceptors (Lipinski definition) is 3. The van der Waals surface area contributed by atoms with Gasteiger partial charge in [-0.1, -0.05) is 30.3 Å². The summed E-state index contributed by atoms with van der Waals surface area (Å²) >= 11 is 0. The van der Waals surface area contributed by atoms with Crippen molar-refractivity contribution in [2.24, 2.45) is 0 Å². The lowest BCUT2D eigenvalue weighted by molar-refractivity contribution is -0.122. The fraction of sp³-hybridized carbons (Fsp3) is 0.458. The Morgan fingerprint density at radius 1 is 1.14 bits per heavy atom. The highest BCUT2D eigenvalue weighted by Crippen LogP contribution is 2.52. The molecule has 1 aliphatic carbocycles. The number of pyridine rings is 1. The number of aromatic nitrogens is 1. The second-order valence-corrected chi connectivity index (χ2v) is 8.70. The molecule has 2 amide bonds. The highest BCUT2D eigenvalue weighted by Gasteiger charge is 2.46. The average Bonchev–Trinajstić information content (AvgIpc) is 3.01. The van der Waals surface area contributed by atoms with E-state index in [0.29, 0.717) is 12.1 Å². The Morgan fingerprint density at radius 2 is 1.86 bits per heavy atom. The number of benzene rings is 1. The number of fused-ring (bicyclic) bond motifs is 2. The Morgan fingerprint density at radius 3 is 2.55 bits per heavy atom. The topological polar surface area (TPSA) is 62.3 Å². The first kappa shape index (κ1) is 19.6. The Bertz CT molecular complexity index is 886. The average molecular weight is 392 g/mol. The summed E-state index contributed by atoms with van der Waals surface area (Å²) in [5.41, 5.74) is 3.28. The van der Waals surface area contributed by atoms with Crippen LogP contribution in [0, 0.1) is 0 Å². The predicted octanol–water partition coefficient (Wildman–Crippen LogP) is 3.66. The molecular formula is C24H29N3O2. The Labute approximate surface area is 172 Å². The van der Waals surface area contributed by atoms with E-state index in [1.165, 1.54) is 11.1 Å². The molecule has 4 rings (SSSR count). The number of nitrogens with zero attached hydrogens (tertiary/aromatic N) is 2. The smallest absolute Gasteiger partial charge is 0.272 e. The van der Waals surface area contributed by atoms with E-state index >= 15 is 0 Å². The minimum absolute atomic E-state index is 0.0135. The minimum Gasteiger partial charge on any atom is -0.354 e. The summed E-state index contributed by atoms with van der Waals surface area (Å²) in [4.78, 5) is 31.3. The molecule has 152 valence electrons. The van der Waals surface area contributed by atoms with E-state index in [-0.39, 0.29) is 29.2 Å². The third kappa shape index (κ3) is 3.91. The highest BCUT2D eigenvalue weighted by atomic mass is 16.2. The van der Waals surface area contributed by atoms with Gasteiger partial charge in [0, 0.05) is 31.7 Å². The van der Waals surface area contributed by atoms with E-state index in [0.717, 1.165) is 32.4 Å². The molecule has 0 bridgehead atoms. The van der Waals surface area contributed by atoms with Gasteiger partial charge >= 0.3 is 0 Å². The van der Waals surface area contributed by atoms with Gasteiger partial charge in [0.2, 0.25) is 5.91 Å². The second kappa shape index (κ2) is 7.97. The largest absolute Gasteiger partial charge is 0.354 e. The molecular weight excluding hydrogens is 362 g/mol. The van der Waals surface area contributed by atoms with Crippen molar-refractivity contribution in [2.75, 3.05) is 13.1 Å². The van der Waals surface area contributed by atoms with Gasteiger partial charge in [-0.3, -0.25) is 14.6 Å². The molecule has 0 radical (unpaired) electrons. The van der Waals surface area contributed by atoms with Gasteiger partial charge in [0.05, 0.1) is 0 Å². The number of amides is 2. The molecule has 0 saturated carbocycles. The van der Waals surface area contributed by atoms with Crippen molar-refractivity contribution < 1.29 is 9.59 Å². The van der Waals surface area contributed by atoms with Crippen LogP contribution in [0.1, 0.15) is 67.1 Å². The first-order valence-electron chi connectivity index (χ1n) is 10.6. The van der Waals surface area contributed by atoms with Gasteiger partial charge in [-0.05, 0) is 67.7 Å². The van der Waals surface area contributed by atoms with Crippen LogP contribution in [0.5, 0.6) is 0 Å². The maximum Gasteiger partial charge on any atom is 0.272 e. The number of hydrogen-bond donors (Lipinski definition) is 1. The first-order chi connectivity index (χ1) is 14.0. The minimum atomic E-state index is 0.0135. The van der Waals surface area contributed by atoms with Gasteiger partial charge in [0.25, 0.3) is 5.91 Å². The van der Waals surface area contributed by atoms with Gasteiger partial charge < -0.3 is 10.2 Å². The van der Waals surface area contributed by atoms with Crippen LogP contribution in [-0.2, 0) is 10.2 Å². The van der Waals surface area contributed by atoms with Crippen LogP contribution in [0.4, 0.5) is 0 Å².